The summed E-state index contributed by atoms with van der Waals surface area (Å²) in [5.74, 6) is 0.148. The van der Waals surface area contributed by atoms with Gasteiger partial charge < -0.3 is 0 Å². The van der Waals surface area contributed by atoms with Crippen LogP contribution in [0.2, 0.25) is 0 Å². The molecule has 0 atom stereocenters. The average Bonchev–Trinajstić information content (AvgIpc) is 3.21. The SMILES string of the molecule is O=C1/C(=C/c2cccs2)CCc2nc(-c3ccccc3)sc21. The summed E-state index contributed by atoms with van der Waals surface area (Å²) in [4.78, 5) is 19.3. The molecule has 22 heavy (non-hydrogen) atoms. The van der Waals surface area contributed by atoms with Gasteiger partial charge in [-0.05, 0) is 30.4 Å². The second-order valence-corrected chi connectivity index (χ2v) is 7.15. The molecule has 1 aliphatic carbocycles. The van der Waals surface area contributed by atoms with Crippen LogP contribution >= 0.6 is 22.7 Å². The van der Waals surface area contributed by atoms with Crippen molar-refractivity contribution in [2.45, 2.75) is 12.8 Å². The Morgan fingerprint density at radius 3 is 2.68 bits per heavy atom. The molecule has 4 heteroatoms. The molecule has 0 spiro atoms. The van der Waals surface area contributed by atoms with Crippen LogP contribution < -0.4 is 0 Å². The van der Waals surface area contributed by atoms with E-state index in [9.17, 15) is 4.79 Å². The lowest BCUT2D eigenvalue weighted by Gasteiger charge is -2.11. The molecular weight excluding hydrogens is 310 g/mol. The standard InChI is InChI=1S/C18H13NOS2/c20-16-13(11-14-7-4-10-21-14)8-9-15-17(16)22-18(19-15)12-5-2-1-3-6-12/h1-7,10-11H,8-9H2/b13-11+. The first-order valence-electron chi connectivity index (χ1n) is 7.15. The highest BCUT2D eigenvalue weighted by Crippen LogP contribution is 2.35. The maximum Gasteiger partial charge on any atom is 0.200 e. The molecular formula is C18H13NOS2. The number of thiazole rings is 1. The number of carbonyl (C=O) groups excluding carboxylic acids is 1. The number of rotatable bonds is 2. The van der Waals surface area contributed by atoms with E-state index in [-0.39, 0.29) is 5.78 Å². The zero-order chi connectivity index (χ0) is 14.9. The number of aryl methyl sites for hydroxylation is 1. The van der Waals surface area contributed by atoms with Gasteiger partial charge in [0.25, 0.3) is 0 Å². The minimum Gasteiger partial charge on any atom is -0.288 e. The number of ketones is 1. The number of Topliss-reactive ketones (excluding diaryl/α,β-unsaturated/α-hetero) is 1. The zero-order valence-electron chi connectivity index (χ0n) is 11.8. The summed E-state index contributed by atoms with van der Waals surface area (Å²) >= 11 is 3.18. The smallest absolute Gasteiger partial charge is 0.200 e. The molecule has 0 N–H and O–H groups in total. The molecule has 0 aliphatic heterocycles. The Hall–Kier alpha value is -2.04. The fourth-order valence-corrected chi connectivity index (χ4v) is 4.37. The van der Waals surface area contributed by atoms with E-state index in [0.717, 1.165) is 44.4 Å². The third-order valence-corrected chi connectivity index (χ3v) is 5.67. The summed E-state index contributed by atoms with van der Waals surface area (Å²) in [5, 5.41) is 2.97. The maximum atomic E-state index is 12.7. The predicted octanol–water partition coefficient (Wildman–Crippen LogP) is 5.08. The second-order valence-electron chi connectivity index (χ2n) is 5.17. The average molecular weight is 323 g/mol. The summed E-state index contributed by atoms with van der Waals surface area (Å²) in [5.41, 5.74) is 2.94. The molecule has 0 bridgehead atoms. The second kappa shape index (κ2) is 5.63. The van der Waals surface area contributed by atoms with Gasteiger partial charge in [-0.15, -0.1) is 22.7 Å². The Labute approximate surface area is 136 Å². The summed E-state index contributed by atoms with van der Waals surface area (Å²) in [6.07, 6.45) is 3.65. The minimum atomic E-state index is 0.148. The Kier molecular flexibility index (Phi) is 3.48. The van der Waals surface area contributed by atoms with Crippen LogP contribution in [0.4, 0.5) is 0 Å². The third kappa shape index (κ3) is 2.45. The van der Waals surface area contributed by atoms with Gasteiger partial charge in [0.15, 0.2) is 0 Å². The molecule has 2 aromatic heterocycles. The van der Waals surface area contributed by atoms with Crippen molar-refractivity contribution in [3.63, 3.8) is 0 Å². The number of thiophene rings is 1. The molecule has 0 unspecified atom stereocenters. The van der Waals surface area contributed by atoms with Crippen molar-refractivity contribution in [2.75, 3.05) is 0 Å². The van der Waals surface area contributed by atoms with Crippen LogP contribution in [0.3, 0.4) is 0 Å². The van der Waals surface area contributed by atoms with E-state index in [1.165, 1.54) is 11.3 Å². The Morgan fingerprint density at radius 1 is 1.05 bits per heavy atom. The topological polar surface area (TPSA) is 30.0 Å². The molecule has 0 saturated carbocycles. The molecule has 1 aromatic carbocycles. The van der Waals surface area contributed by atoms with E-state index in [4.69, 9.17) is 0 Å². The first-order valence-corrected chi connectivity index (χ1v) is 8.85. The van der Waals surface area contributed by atoms with Gasteiger partial charge in [-0.2, -0.15) is 0 Å². The number of hydrogen-bond acceptors (Lipinski definition) is 4. The molecule has 2 nitrogen and oxygen atoms in total. The Morgan fingerprint density at radius 2 is 1.91 bits per heavy atom. The van der Waals surface area contributed by atoms with Crippen molar-refractivity contribution in [3.8, 4) is 10.6 Å². The number of aromatic nitrogens is 1. The molecule has 0 radical (unpaired) electrons. The van der Waals surface area contributed by atoms with Crippen LogP contribution in [0, 0.1) is 0 Å². The lowest BCUT2D eigenvalue weighted by Crippen LogP contribution is -2.11. The summed E-state index contributed by atoms with van der Waals surface area (Å²) in [6, 6.07) is 14.1. The van der Waals surface area contributed by atoms with Crippen LogP contribution in [0.1, 0.15) is 26.7 Å². The van der Waals surface area contributed by atoms with E-state index < -0.39 is 0 Å². The molecule has 1 aliphatic rings. The van der Waals surface area contributed by atoms with Crippen molar-refractivity contribution < 1.29 is 4.79 Å². The third-order valence-electron chi connectivity index (χ3n) is 3.71. The number of allylic oxidation sites excluding steroid dienone is 1. The quantitative estimate of drug-likeness (QED) is 0.615. The fraction of sp³-hybridized carbons (Fsp3) is 0.111. The van der Waals surface area contributed by atoms with Gasteiger partial charge in [0, 0.05) is 16.0 Å². The zero-order valence-corrected chi connectivity index (χ0v) is 13.4. The van der Waals surface area contributed by atoms with Crippen molar-refractivity contribution in [2.24, 2.45) is 0 Å². The van der Waals surface area contributed by atoms with Gasteiger partial charge in [0.1, 0.15) is 5.01 Å². The van der Waals surface area contributed by atoms with E-state index in [2.05, 4.69) is 4.98 Å². The highest BCUT2D eigenvalue weighted by molar-refractivity contribution is 7.17. The van der Waals surface area contributed by atoms with Crippen LogP contribution in [0.15, 0.2) is 53.4 Å². The summed E-state index contributed by atoms with van der Waals surface area (Å²) < 4.78 is 0. The predicted molar refractivity (Wildman–Crippen MR) is 92.5 cm³/mol. The molecule has 108 valence electrons. The summed E-state index contributed by atoms with van der Waals surface area (Å²) in [7, 11) is 0. The van der Waals surface area contributed by atoms with Gasteiger partial charge >= 0.3 is 0 Å². The number of fused-ring (bicyclic) bond motifs is 1. The lowest BCUT2D eigenvalue weighted by molar-refractivity contribution is 0.103. The van der Waals surface area contributed by atoms with Gasteiger partial charge in [-0.25, -0.2) is 4.98 Å². The van der Waals surface area contributed by atoms with E-state index in [1.807, 2.05) is 53.9 Å². The van der Waals surface area contributed by atoms with E-state index >= 15 is 0 Å². The number of hydrogen-bond donors (Lipinski definition) is 0. The molecule has 0 saturated heterocycles. The van der Waals surface area contributed by atoms with Gasteiger partial charge in [-0.1, -0.05) is 36.4 Å². The minimum absolute atomic E-state index is 0.148. The van der Waals surface area contributed by atoms with Crippen molar-refractivity contribution in [3.05, 3.63) is 68.9 Å². The maximum absolute atomic E-state index is 12.7. The van der Waals surface area contributed by atoms with Crippen molar-refractivity contribution in [1.29, 1.82) is 0 Å². The fourth-order valence-electron chi connectivity index (χ4n) is 2.60. The van der Waals surface area contributed by atoms with Crippen molar-refractivity contribution >= 4 is 34.5 Å². The summed E-state index contributed by atoms with van der Waals surface area (Å²) in [6.45, 7) is 0. The first kappa shape index (κ1) is 13.6. The van der Waals surface area contributed by atoms with Gasteiger partial charge in [0.05, 0.1) is 10.6 Å². The van der Waals surface area contributed by atoms with E-state index in [1.54, 1.807) is 11.3 Å². The van der Waals surface area contributed by atoms with E-state index in [0.29, 0.717) is 0 Å². The van der Waals surface area contributed by atoms with Gasteiger partial charge in [0.2, 0.25) is 5.78 Å². The molecule has 4 rings (SSSR count). The molecule has 2 heterocycles. The van der Waals surface area contributed by atoms with Crippen LogP contribution in [0.5, 0.6) is 0 Å². The Bertz CT molecular complexity index is 845. The largest absolute Gasteiger partial charge is 0.288 e. The van der Waals surface area contributed by atoms with Crippen molar-refractivity contribution in [1.82, 2.24) is 4.98 Å². The van der Waals surface area contributed by atoms with Crippen LogP contribution in [-0.4, -0.2) is 10.8 Å². The highest BCUT2D eigenvalue weighted by atomic mass is 32.1. The Balaban J connectivity index is 1.71. The number of nitrogens with zero attached hydrogens (tertiary/aromatic N) is 1. The lowest BCUT2D eigenvalue weighted by atomic mass is 9.95. The molecule has 0 fully saturated rings. The molecule has 3 aromatic rings. The van der Waals surface area contributed by atoms with Gasteiger partial charge in [-0.3, -0.25) is 4.79 Å². The molecule has 0 amide bonds. The normalized spacial score (nSPS) is 16.0. The number of benzene rings is 1. The monoisotopic (exact) mass is 323 g/mol. The number of carbonyl (C=O) groups is 1. The van der Waals surface area contributed by atoms with Crippen LogP contribution in [0.25, 0.3) is 16.6 Å². The first-order chi connectivity index (χ1) is 10.8. The van der Waals surface area contributed by atoms with Crippen LogP contribution in [-0.2, 0) is 6.42 Å². The highest BCUT2D eigenvalue weighted by Gasteiger charge is 2.26.